The first kappa shape index (κ1) is 31.2. The summed E-state index contributed by atoms with van der Waals surface area (Å²) in [4.78, 5) is 24.1. The van der Waals surface area contributed by atoms with Crippen molar-refractivity contribution < 1.29 is 17.9 Å². The summed E-state index contributed by atoms with van der Waals surface area (Å²) in [7, 11) is -1.95. The number of amides is 1. The SMILES string of the molecule is CSc1cccc2sc(N(CCN3CCOCC3)C(=O)c3ccc(S(=O)(=O)N(C)C4CCCCC4)cc3)nc12.Cl. The van der Waals surface area contributed by atoms with E-state index in [1.54, 1.807) is 48.0 Å². The Morgan fingerprint density at radius 3 is 2.48 bits per heavy atom. The van der Waals surface area contributed by atoms with Crippen LogP contribution in [0.1, 0.15) is 42.5 Å². The summed E-state index contributed by atoms with van der Waals surface area (Å²) in [6.07, 6.45) is 7.09. The molecule has 0 radical (unpaired) electrons. The van der Waals surface area contributed by atoms with Gasteiger partial charge in [-0.15, -0.1) is 24.2 Å². The zero-order valence-corrected chi connectivity index (χ0v) is 26.2. The molecule has 2 aliphatic rings. The van der Waals surface area contributed by atoms with Gasteiger partial charge in [0, 0.05) is 49.7 Å². The zero-order valence-electron chi connectivity index (χ0n) is 23.0. The highest BCUT2D eigenvalue weighted by molar-refractivity contribution is 7.98. The largest absolute Gasteiger partial charge is 0.379 e. The lowest BCUT2D eigenvalue weighted by molar-refractivity contribution is 0.0391. The van der Waals surface area contributed by atoms with E-state index in [1.807, 2.05) is 24.5 Å². The molecule has 0 bridgehead atoms. The molecule has 1 saturated heterocycles. The van der Waals surface area contributed by atoms with Crippen molar-refractivity contribution in [1.82, 2.24) is 14.2 Å². The number of anilines is 1. The van der Waals surface area contributed by atoms with E-state index in [0.717, 1.165) is 60.3 Å². The molecule has 0 spiro atoms. The van der Waals surface area contributed by atoms with Crippen LogP contribution in [0.5, 0.6) is 0 Å². The summed E-state index contributed by atoms with van der Waals surface area (Å²) in [5.41, 5.74) is 1.35. The van der Waals surface area contributed by atoms with Gasteiger partial charge < -0.3 is 4.74 Å². The fourth-order valence-electron chi connectivity index (χ4n) is 5.27. The molecular formula is C28H37ClN4O4S3. The molecule has 1 aliphatic carbocycles. The number of hydrogen-bond acceptors (Lipinski definition) is 8. The van der Waals surface area contributed by atoms with Crippen molar-refractivity contribution in [2.24, 2.45) is 0 Å². The Kier molecular flexibility index (Phi) is 10.9. The second kappa shape index (κ2) is 14.0. The van der Waals surface area contributed by atoms with Crippen molar-refractivity contribution in [1.29, 1.82) is 0 Å². The number of para-hydroxylation sites is 1. The van der Waals surface area contributed by atoms with Crippen molar-refractivity contribution in [3.63, 3.8) is 0 Å². The molecule has 1 saturated carbocycles. The van der Waals surface area contributed by atoms with Gasteiger partial charge in [-0.1, -0.05) is 36.7 Å². The first-order valence-corrected chi connectivity index (χ1v) is 17.0. The Hall–Kier alpha value is -1.73. The number of thiazole rings is 1. The van der Waals surface area contributed by atoms with E-state index in [-0.39, 0.29) is 29.3 Å². The van der Waals surface area contributed by atoms with Gasteiger partial charge in [-0.3, -0.25) is 14.6 Å². The van der Waals surface area contributed by atoms with E-state index < -0.39 is 10.0 Å². The van der Waals surface area contributed by atoms with Crippen LogP contribution < -0.4 is 4.90 Å². The highest BCUT2D eigenvalue weighted by Crippen LogP contribution is 2.35. The maximum absolute atomic E-state index is 13.9. The fraction of sp³-hybridized carbons (Fsp3) is 0.500. The zero-order chi connectivity index (χ0) is 27.4. The normalized spacial score (nSPS) is 17.2. The average molecular weight is 625 g/mol. The van der Waals surface area contributed by atoms with E-state index >= 15 is 0 Å². The molecule has 40 heavy (non-hydrogen) atoms. The quantitative estimate of drug-likeness (QED) is 0.296. The minimum atomic E-state index is -3.63. The van der Waals surface area contributed by atoms with Gasteiger partial charge in [-0.2, -0.15) is 4.31 Å². The number of nitrogens with zero attached hydrogens (tertiary/aromatic N) is 4. The number of thioether (sulfide) groups is 1. The second-order valence-corrected chi connectivity index (χ2v) is 13.9. The van der Waals surface area contributed by atoms with Crippen molar-refractivity contribution in [3.8, 4) is 0 Å². The standard InChI is InChI=1S/C28H36N4O4S3.ClH/c1-30(22-7-4-3-5-8-22)39(34,35)23-13-11-21(12-14-23)27(33)32(16-15-31-17-19-36-20-18-31)28-29-26-24(37-2)9-6-10-25(26)38-28;/h6,9-14,22H,3-5,7-8,15-20H2,1-2H3;1H. The number of halogens is 1. The lowest BCUT2D eigenvalue weighted by Crippen LogP contribution is -2.43. The summed E-state index contributed by atoms with van der Waals surface area (Å²) in [6.45, 7) is 4.24. The summed E-state index contributed by atoms with van der Waals surface area (Å²) in [5, 5.41) is 0.651. The van der Waals surface area contributed by atoms with Crippen LogP contribution in [0, 0.1) is 0 Å². The average Bonchev–Trinajstić information content (AvgIpc) is 3.42. The second-order valence-electron chi connectivity index (χ2n) is 10.1. The molecule has 1 aromatic heterocycles. The molecule has 8 nitrogen and oxygen atoms in total. The molecule has 0 N–H and O–H groups in total. The third-order valence-corrected chi connectivity index (χ3v) is 11.4. The van der Waals surface area contributed by atoms with Gasteiger partial charge in [0.15, 0.2) is 5.13 Å². The molecule has 5 rings (SSSR count). The van der Waals surface area contributed by atoms with Crippen molar-refractivity contribution >= 4 is 66.8 Å². The minimum absolute atomic E-state index is 0. The topological polar surface area (TPSA) is 83.0 Å². The third kappa shape index (κ3) is 6.83. The van der Waals surface area contributed by atoms with Crippen LogP contribution in [-0.2, 0) is 14.8 Å². The van der Waals surface area contributed by atoms with Gasteiger partial charge in [0.2, 0.25) is 10.0 Å². The van der Waals surface area contributed by atoms with Crippen LogP contribution in [0.25, 0.3) is 10.2 Å². The third-order valence-electron chi connectivity index (χ3n) is 7.68. The van der Waals surface area contributed by atoms with Gasteiger partial charge in [-0.05, 0) is 55.5 Å². The molecule has 12 heteroatoms. The first-order chi connectivity index (χ1) is 18.9. The lowest BCUT2D eigenvalue weighted by Gasteiger charge is -2.30. The Bertz CT molecular complexity index is 1390. The van der Waals surface area contributed by atoms with Crippen molar-refractivity contribution in [3.05, 3.63) is 48.0 Å². The molecule has 2 aromatic carbocycles. The number of carbonyl (C=O) groups is 1. The number of hydrogen-bond donors (Lipinski definition) is 0. The Balaban J connectivity index is 0.00000370. The lowest BCUT2D eigenvalue weighted by atomic mass is 9.96. The first-order valence-electron chi connectivity index (χ1n) is 13.5. The van der Waals surface area contributed by atoms with Crippen LogP contribution in [0.3, 0.4) is 0 Å². The van der Waals surface area contributed by atoms with Crippen molar-refractivity contribution in [2.45, 2.75) is 47.9 Å². The van der Waals surface area contributed by atoms with E-state index in [0.29, 0.717) is 37.0 Å². The maximum Gasteiger partial charge on any atom is 0.260 e. The molecule has 1 amide bonds. The number of ether oxygens (including phenoxy) is 1. The Labute approximate surface area is 251 Å². The van der Waals surface area contributed by atoms with E-state index in [1.165, 1.54) is 15.6 Å². The molecule has 2 fully saturated rings. The number of carbonyl (C=O) groups excluding carboxylic acids is 1. The van der Waals surface area contributed by atoms with E-state index in [2.05, 4.69) is 4.90 Å². The Morgan fingerprint density at radius 2 is 1.80 bits per heavy atom. The number of benzene rings is 2. The predicted octanol–water partition coefficient (Wildman–Crippen LogP) is 5.37. The number of rotatable bonds is 9. The van der Waals surface area contributed by atoms with Crippen LogP contribution in [-0.4, -0.2) is 87.3 Å². The maximum atomic E-state index is 13.9. The molecular weight excluding hydrogens is 588 g/mol. The van der Waals surface area contributed by atoms with E-state index in [9.17, 15) is 13.2 Å². The van der Waals surface area contributed by atoms with Gasteiger partial charge in [0.05, 0.1) is 28.3 Å². The van der Waals surface area contributed by atoms with Crippen LogP contribution in [0.15, 0.2) is 52.3 Å². The smallest absolute Gasteiger partial charge is 0.260 e. The van der Waals surface area contributed by atoms with Gasteiger partial charge >= 0.3 is 0 Å². The monoisotopic (exact) mass is 624 g/mol. The van der Waals surface area contributed by atoms with E-state index in [4.69, 9.17) is 9.72 Å². The molecule has 2 heterocycles. The summed E-state index contributed by atoms with van der Waals surface area (Å²) in [6, 6.07) is 12.5. The van der Waals surface area contributed by atoms with Gasteiger partial charge in [0.1, 0.15) is 0 Å². The summed E-state index contributed by atoms with van der Waals surface area (Å²) in [5.74, 6) is -0.183. The summed E-state index contributed by atoms with van der Waals surface area (Å²) < 4.78 is 34.7. The van der Waals surface area contributed by atoms with Crippen LogP contribution in [0.4, 0.5) is 5.13 Å². The molecule has 0 atom stereocenters. The van der Waals surface area contributed by atoms with Gasteiger partial charge in [0.25, 0.3) is 5.91 Å². The summed E-state index contributed by atoms with van der Waals surface area (Å²) >= 11 is 3.14. The fourth-order valence-corrected chi connectivity index (χ4v) is 8.34. The van der Waals surface area contributed by atoms with Crippen LogP contribution in [0.2, 0.25) is 0 Å². The number of aromatic nitrogens is 1. The van der Waals surface area contributed by atoms with Gasteiger partial charge in [-0.25, -0.2) is 13.4 Å². The molecule has 218 valence electrons. The molecule has 3 aromatic rings. The molecule has 1 aliphatic heterocycles. The van der Waals surface area contributed by atoms with Crippen LogP contribution >= 0.6 is 35.5 Å². The Morgan fingerprint density at radius 1 is 1.10 bits per heavy atom. The number of fused-ring (bicyclic) bond motifs is 1. The predicted molar refractivity (Wildman–Crippen MR) is 166 cm³/mol. The number of morpholine rings is 1. The molecule has 0 unspecified atom stereocenters. The number of sulfonamides is 1. The van der Waals surface area contributed by atoms with Crippen molar-refractivity contribution in [2.75, 3.05) is 57.6 Å². The highest BCUT2D eigenvalue weighted by Gasteiger charge is 2.30. The highest BCUT2D eigenvalue weighted by atomic mass is 35.5. The minimum Gasteiger partial charge on any atom is -0.379 e.